The third-order valence-corrected chi connectivity index (χ3v) is 11.4. The molecule has 6 heteroatoms. The van der Waals surface area contributed by atoms with Crippen LogP contribution in [0.1, 0.15) is 64.4 Å². The van der Waals surface area contributed by atoms with E-state index in [1.165, 1.54) is 13.2 Å². The summed E-state index contributed by atoms with van der Waals surface area (Å²) in [5.41, 5.74) is 1.96. The van der Waals surface area contributed by atoms with Crippen molar-refractivity contribution in [1.29, 1.82) is 0 Å². The summed E-state index contributed by atoms with van der Waals surface area (Å²) in [5, 5.41) is 19.9. The number of phenols is 2. The van der Waals surface area contributed by atoms with Crippen LogP contribution in [0.15, 0.2) is 12.1 Å². The molecule has 0 heterocycles. The zero-order valence-electron chi connectivity index (χ0n) is 17.3. The first-order valence-corrected chi connectivity index (χ1v) is 11.4. The minimum atomic E-state index is -2.07. The second-order valence-corrected chi connectivity index (χ2v) is 13.3. The first-order valence-electron chi connectivity index (χ1n) is 9.28. The Morgan fingerprint density at radius 1 is 1.00 bits per heavy atom. The van der Waals surface area contributed by atoms with Crippen molar-refractivity contribution in [2.45, 2.75) is 77.6 Å². The molecule has 0 bridgehead atoms. The molecule has 0 aromatic heterocycles. The van der Waals surface area contributed by atoms with E-state index in [1.807, 2.05) is 6.92 Å². The van der Waals surface area contributed by atoms with E-state index in [1.54, 1.807) is 0 Å². The van der Waals surface area contributed by atoms with Gasteiger partial charge < -0.3 is 19.4 Å². The average molecular weight is 383 g/mol. The van der Waals surface area contributed by atoms with E-state index in [9.17, 15) is 15.0 Å². The number of methoxy groups -OCH3 is 1. The zero-order valence-corrected chi connectivity index (χ0v) is 18.3. The van der Waals surface area contributed by atoms with Crippen molar-refractivity contribution in [3.63, 3.8) is 0 Å². The van der Waals surface area contributed by atoms with Gasteiger partial charge in [-0.25, -0.2) is 4.79 Å². The van der Waals surface area contributed by atoms with Gasteiger partial charge in [0.05, 0.1) is 7.11 Å². The van der Waals surface area contributed by atoms with Gasteiger partial charge >= 0.3 is 5.97 Å². The Balaban J connectivity index is 3.21. The Morgan fingerprint density at radius 2 is 1.50 bits per heavy atom. The monoisotopic (exact) mass is 382 g/mol. The van der Waals surface area contributed by atoms with E-state index in [4.69, 9.17) is 9.16 Å². The molecule has 1 aromatic rings. The molecule has 1 aromatic carbocycles. The van der Waals surface area contributed by atoms with Gasteiger partial charge in [-0.1, -0.05) is 41.5 Å². The highest BCUT2D eigenvalue weighted by atomic mass is 28.4. The molecule has 0 saturated carbocycles. The number of hydrogen-bond donors (Lipinski definition) is 2. The third-order valence-electron chi connectivity index (χ3n) is 5.19. The summed E-state index contributed by atoms with van der Waals surface area (Å²) in [6.45, 7) is 15.3. The summed E-state index contributed by atoms with van der Waals surface area (Å²) in [5.74, 6) is -0.985. The first-order chi connectivity index (χ1) is 12.0. The Hall–Kier alpha value is -1.53. The molecule has 0 spiro atoms. The van der Waals surface area contributed by atoms with Gasteiger partial charge in [-0.05, 0) is 41.6 Å². The Kier molecular flexibility index (Phi) is 7.71. The number of benzene rings is 1. The number of carbonyl (C=O) groups excluding carboxylic acids is 1. The van der Waals surface area contributed by atoms with E-state index in [0.717, 1.165) is 6.07 Å². The maximum atomic E-state index is 12.1. The van der Waals surface area contributed by atoms with Gasteiger partial charge in [-0.3, -0.25) is 0 Å². The second-order valence-electron chi connectivity index (χ2n) is 7.94. The lowest BCUT2D eigenvalue weighted by molar-refractivity contribution is 0.0595. The average Bonchev–Trinajstić information content (AvgIpc) is 2.50. The number of phenolic OH excluding ortho intramolecular Hbond substituents is 2. The molecular formula is C20H34O5Si. The molecule has 0 aliphatic rings. The molecule has 0 radical (unpaired) electrons. The number of rotatable bonds is 8. The maximum Gasteiger partial charge on any atom is 0.341 e. The standard InChI is InChI=1S/C20H34O5Si/c1-12(2)26(13(3)4,14(5)6)25-15(7)9-16-10-17(21)11-18(22)19(16)20(23)24-8/h10-15,21-22H,9H2,1-8H3/t15-/m0/s1. The smallest absolute Gasteiger partial charge is 0.341 e. The molecule has 1 rings (SSSR count). The maximum absolute atomic E-state index is 12.1. The third kappa shape index (κ3) is 4.60. The van der Waals surface area contributed by atoms with Crippen LogP contribution in [0.5, 0.6) is 11.5 Å². The molecule has 1 atom stereocenters. The van der Waals surface area contributed by atoms with Crippen LogP contribution in [0.3, 0.4) is 0 Å². The number of hydrogen-bond acceptors (Lipinski definition) is 5. The lowest BCUT2D eigenvalue weighted by Gasteiger charge is -2.44. The molecule has 5 nitrogen and oxygen atoms in total. The summed E-state index contributed by atoms with van der Waals surface area (Å²) in [4.78, 5) is 12.1. The summed E-state index contributed by atoms with van der Waals surface area (Å²) < 4.78 is 11.5. The summed E-state index contributed by atoms with van der Waals surface area (Å²) >= 11 is 0. The van der Waals surface area contributed by atoms with Crippen LogP contribution in [0.2, 0.25) is 16.6 Å². The summed E-state index contributed by atoms with van der Waals surface area (Å²) in [7, 11) is -0.795. The van der Waals surface area contributed by atoms with Crippen molar-refractivity contribution >= 4 is 14.3 Å². The van der Waals surface area contributed by atoms with Gasteiger partial charge in [0.25, 0.3) is 0 Å². The minimum Gasteiger partial charge on any atom is -0.508 e. The van der Waals surface area contributed by atoms with Crippen LogP contribution in [-0.2, 0) is 15.6 Å². The molecule has 0 amide bonds. The van der Waals surface area contributed by atoms with Crippen LogP contribution < -0.4 is 0 Å². The van der Waals surface area contributed by atoms with Crippen LogP contribution in [0, 0.1) is 0 Å². The number of ether oxygens (including phenoxy) is 1. The van der Waals surface area contributed by atoms with Gasteiger partial charge in [0.1, 0.15) is 17.1 Å². The number of carbonyl (C=O) groups is 1. The van der Waals surface area contributed by atoms with Crippen molar-refractivity contribution in [1.82, 2.24) is 0 Å². The van der Waals surface area contributed by atoms with Crippen LogP contribution >= 0.6 is 0 Å². The highest BCUT2D eigenvalue weighted by molar-refractivity contribution is 6.77. The van der Waals surface area contributed by atoms with Crippen molar-refractivity contribution in [2.24, 2.45) is 0 Å². The van der Waals surface area contributed by atoms with Crippen molar-refractivity contribution in [3.05, 3.63) is 23.3 Å². The lowest BCUT2D eigenvalue weighted by Crippen LogP contribution is -2.50. The highest BCUT2D eigenvalue weighted by Gasteiger charge is 2.46. The Labute approximate surface area is 158 Å². The van der Waals surface area contributed by atoms with Crippen LogP contribution in [-0.4, -0.2) is 37.7 Å². The zero-order chi connectivity index (χ0) is 20.2. The van der Waals surface area contributed by atoms with Gasteiger partial charge in [0.2, 0.25) is 8.32 Å². The second kappa shape index (κ2) is 8.91. The number of esters is 1. The van der Waals surface area contributed by atoms with Crippen molar-refractivity contribution in [3.8, 4) is 11.5 Å². The summed E-state index contributed by atoms with van der Waals surface area (Å²) in [6.07, 6.45) is 0.256. The van der Waals surface area contributed by atoms with Crippen molar-refractivity contribution < 1.29 is 24.2 Å². The van der Waals surface area contributed by atoms with E-state index >= 15 is 0 Å². The Bertz CT molecular complexity index is 603. The predicted molar refractivity (Wildman–Crippen MR) is 106 cm³/mol. The SMILES string of the molecule is COC(=O)c1c(O)cc(O)cc1C[C@H](C)O[Si](C(C)C)(C(C)C)C(C)C. The first kappa shape index (κ1) is 22.5. The number of aromatic hydroxyl groups is 2. The van der Waals surface area contributed by atoms with E-state index in [2.05, 4.69) is 41.5 Å². The molecular weight excluding hydrogens is 348 g/mol. The normalized spacial score (nSPS) is 13.5. The fourth-order valence-corrected chi connectivity index (χ4v) is 9.87. The van der Waals surface area contributed by atoms with Crippen LogP contribution in [0.4, 0.5) is 0 Å². The molecule has 148 valence electrons. The molecule has 26 heavy (non-hydrogen) atoms. The van der Waals surface area contributed by atoms with Gasteiger partial charge in [0.15, 0.2) is 0 Å². The van der Waals surface area contributed by atoms with Crippen molar-refractivity contribution in [2.75, 3.05) is 7.11 Å². The lowest BCUT2D eigenvalue weighted by atomic mass is 10.0. The molecule has 0 aliphatic heterocycles. The highest BCUT2D eigenvalue weighted by Crippen LogP contribution is 2.43. The minimum absolute atomic E-state index is 0.0857. The van der Waals surface area contributed by atoms with E-state index < -0.39 is 14.3 Å². The topological polar surface area (TPSA) is 76.0 Å². The largest absolute Gasteiger partial charge is 0.508 e. The Morgan fingerprint density at radius 3 is 1.92 bits per heavy atom. The molecule has 0 aliphatic carbocycles. The predicted octanol–water partition coefficient (Wildman–Crippen LogP) is 5.01. The van der Waals surface area contributed by atoms with Crippen LogP contribution in [0.25, 0.3) is 0 Å². The molecule has 0 saturated heterocycles. The van der Waals surface area contributed by atoms with E-state index in [-0.39, 0.29) is 23.2 Å². The molecule has 0 unspecified atom stereocenters. The van der Waals surface area contributed by atoms with Gasteiger partial charge in [-0.15, -0.1) is 0 Å². The molecule has 0 fully saturated rings. The van der Waals surface area contributed by atoms with Gasteiger partial charge in [-0.2, -0.15) is 0 Å². The summed E-state index contributed by atoms with van der Waals surface area (Å²) in [6, 6.07) is 2.64. The fraction of sp³-hybridized carbons (Fsp3) is 0.650. The fourth-order valence-electron chi connectivity index (χ4n) is 4.28. The van der Waals surface area contributed by atoms with Gasteiger partial charge in [0, 0.05) is 12.2 Å². The van der Waals surface area contributed by atoms with E-state index in [0.29, 0.717) is 28.6 Å². The molecule has 2 N–H and O–H groups in total. The quantitative estimate of drug-likeness (QED) is 0.488.